The van der Waals surface area contributed by atoms with E-state index in [1.54, 1.807) is 24.3 Å². The summed E-state index contributed by atoms with van der Waals surface area (Å²) in [5.74, 6) is -0.817. The van der Waals surface area contributed by atoms with Crippen molar-refractivity contribution in [2.45, 2.75) is 13.3 Å². The van der Waals surface area contributed by atoms with Crippen LogP contribution in [0.5, 0.6) is 5.75 Å². The number of hydrogen-bond donors (Lipinski definition) is 3. The number of hydrogen-bond acceptors (Lipinski definition) is 5. The number of rotatable bonds is 6. The number of amidine groups is 1. The molecule has 25 heavy (non-hydrogen) atoms. The summed E-state index contributed by atoms with van der Waals surface area (Å²) in [7, 11) is 0. The van der Waals surface area contributed by atoms with Crippen LogP contribution in [0.15, 0.2) is 36.4 Å². The van der Waals surface area contributed by atoms with Gasteiger partial charge >= 0.3 is 5.97 Å². The molecule has 0 aromatic heterocycles. The third kappa shape index (κ3) is 4.78. The van der Waals surface area contributed by atoms with E-state index in [9.17, 15) is 9.90 Å². The fraction of sp³-hybridized carbons (Fsp3) is 0.176. The smallest absolute Gasteiger partial charge is 0.336 e. The van der Waals surface area contributed by atoms with E-state index in [1.165, 1.54) is 17.2 Å². The molecule has 8 heteroatoms. The van der Waals surface area contributed by atoms with Gasteiger partial charge in [0, 0.05) is 16.1 Å². The normalized spacial score (nSPS) is 10.4. The van der Waals surface area contributed by atoms with E-state index in [-0.39, 0.29) is 28.6 Å². The predicted octanol–water partition coefficient (Wildman–Crippen LogP) is 3.51. The van der Waals surface area contributed by atoms with Gasteiger partial charge in [0.05, 0.1) is 23.7 Å². The van der Waals surface area contributed by atoms with Crippen LogP contribution in [0.3, 0.4) is 0 Å². The third-order valence-corrected chi connectivity index (χ3v) is 3.91. The van der Waals surface area contributed by atoms with Crippen molar-refractivity contribution in [3.05, 3.63) is 57.6 Å². The Morgan fingerprint density at radius 1 is 1.28 bits per heavy atom. The zero-order valence-electron chi connectivity index (χ0n) is 13.4. The lowest BCUT2D eigenvalue weighted by atomic mass is 10.1. The van der Waals surface area contributed by atoms with Crippen LogP contribution in [0.2, 0.25) is 10.0 Å². The lowest BCUT2D eigenvalue weighted by Gasteiger charge is -2.22. The number of nitrogen functional groups attached to an aromatic ring is 1. The van der Waals surface area contributed by atoms with Gasteiger partial charge in [-0.1, -0.05) is 23.2 Å². The number of phenols is 1. The Balaban J connectivity index is 2.11. The molecular weight excluding hydrogens is 365 g/mol. The number of carbonyl (C=O) groups is 1. The fourth-order valence-electron chi connectivity index (χ4n) is 2.17. The number of phenolic OH excluding ortho intramolecular Hbond substituents is 1. The number of anilines is 1. The van der Waals surface area contributed by atoms with Gasteiger partial charge in [0.2, 0.25) is 0 Å². The molecule has 0 spiro atoms. The highest BCUT2D eigenvalue weighted by atomic mass is 35.5. The minimum atomic E-state index is -0.578. The van der Waals surface area contributed by atoms with E-state index in [1.807, 2.05) is 6.92 Å². The Hall–Kier alpha value is -2.44. The molecule has 0 saturated carbocycles. The van der Waals surface area contributed by atoms with Gasteiger partial charge in [0.15, 0.2) is 0 Å². The van der Waals surface area contributed by atoms with Gasteiger partial charge in [-0.25, -0.2) is 9.86 Å². The van der Waals surface area contributed by atoms with Gasteiger partial charge in [-0.15, -0.1) is 0 Å². The standard InChI is InChI=1S/C17H17Cl2N3O3/c1-2-22(13-5-3-10(4-6-13)17(20)21)25-15(23)8-11-7-12(18)9-14(19)16(11)24/h3-7,9,24H,2,8H2,1H3,(H3,20,21). The molecule has 2 aromatic rings. The summed E-state index contributed by atoms with van der Waals surface area (Å²) in [5, 5.41) is 19.1. The van der Waals surface area contributed by atoms with Gasteiger partial charge in [-0.05, 0) is 43.3 Å². The first kappa shape index (κ1) is 18.9. The minimum absolute atomic E-state index is 0.0418. The first-order valence-corrected chi connectivity index (χ1v) is 8.17. The van der Waals surface area contributed by atoms with Gasteiger partial charge in [0.1, 0.15) is 11.6 Å². The van der Waals surface area contributed by atoms with Crippen molar-refractivity contribution in [3.63, 3.8) is 0 Å². The summed E-state index contributed by atoms with van der Waals surface area (Å²) in [6.45, 7) is 2.23. The number of halogens is 2. The van der Waals surface area contributed by atoms with Crippen LogP contribution in [0.1, 0.15) is 18.1 Å². The van der Waals surface area contributed by atoms with Crippen molar-refractivity contribution in [2.24, 2.45) is 5.73 Å². The predicted molar refractivity (Wildman–Crippen MR) is 98.4 cm³/mol. The highest BCUT2D eigenvalue weighted by Crippen LogP contribution is 2.31. The second-order valence-corrected chi connectivity index (χ2v) is 6.03. The number of aromatic hydroxyl groups is 1. The number of benzene rings is 2. The number of carbonyl (C=O) groups excluding carboxylic acids is 1. The van der Waals surface area contributed by atoms with Crippen molar-refractivity contribution in [3.8, 4) is 5.75 Å². The highest BCUT2D eigenvalue weighted by molar-refractivity contribution is 6.35. The lowest BCUT2D eigenvalue weighted by Crippen LogP contribution is -2.28. The Morgan fingerprint density at radius 3 is 2.48 bits per heavy atom. The molecule has 0 aliphatic rings. The molecule has 0 saturated heterocycles. The van der Waals surface area contributed by atoms with E-state index in [0.29, 0.717) is 22.8 Å². The Morgan fingerprint density at radius 2 is 1.92 bits per heavy atom. The number of nitrogens with zero attached hydrogens (tertiary/aromatic N) is 1. The molecule has 0 amide bonds. The molecule has 0 atom stereocenters. The van der Waals surface area contributed by atoms with Crippen molar-refractivity contribution in [1.82, 2.24) is 0 Å². The maximum Gasteiger partial charge on any atom is 0.336 e. The van der Waals surface area contributed by atoms with Gasteiger partial charge < -0.3 is 15.7 Å². The molecular formula is C17H17Cl2N3O3. The van der Waals surface area contributed by atoms with Crippen LogP contribution in [-0.2, 0) is 16.1 Å². The highest BCUT2D eigenvalue weighted by Gasteiger charge is 2.16. The van der Waals surface area contributed by atoms with Gasteiger partial charge in [0.25, 0.3) is 0 Å². The molecule has 0 fully saturated rings. The molecule has 0 heterocycles. The van der Waals surface area contributed by atoms with E-state index in [2.05, 4.69) is 0 Å². The maximum absolute atomic E-state index is 12.2. The largest absolute Gasteiger partial charge is 0.506 e. The summed E-state index contributed by atoms with van der Waals surface area (Å²) < 4.78 is 0. The molecule has 4 N–H and O–H groups in total. The Kier molecular flexibility index (Phi) is 6.12. The first-order valence-electron chi connectivity index (χ1n) is 7.41. The number of hydroxylamine groups is 1. The van der Waals surface area contributed by atoms with Crippen molar-refractivity contribution in [2.75, 3.05) is 11.6 Å². The molecule has 0 aliphatic heterocycles. The van der Waals surface area contributed by atoms with Crippen LogP contribution in [-0.4, -0.2) is 23.5 Å². The molecule has 0 bridgehead atoms. The second-order valence-electron chi connectivity index (χ2n) is 5.19. The van der Waals surface area contributed by atoms with E-state index >= 15 is 0 Å². The summed E-state index contributed by atoms with van der Waals surface area (Å²) in [6, 6.07) is 9.57. The lowest BCUT2D eigenvalue weighted by molar-refractivity contribution is -0.144. The second kappa shape index (κ2) is 8.09. The van der Waals surface area contributed by atoms with E-state index < -0.39 is 5.97 Å². The SMILES string of the molecule is CCN(OC(=O)Cc1cc(Cl)cc(Cl)c1O)c1ccc(C(=N)N)cc1. The summed E-state index contributed by atoms with van der Waals surface area (Å²) in [5.41, 5.74) is 6.91. The van der Waals surface area contributed by atoms with E-state index in [4.69, 9.17) is 39.2 Å². The third-order valence-electron chi connectivity index (χ3n) is 3.41. The number of nitrogens with two attached hydrogens (primary N) is 1. The molecule has 132 valence electrons. The average molecular weight is 382 g/mol. The first-order chi connectivity index (χ1) is 11.8. The minimum Gasteiger partial charge on any atom is -0.506 e. The summed E-state index contributed by atoms with van der Waals surface area (Å²) in [6.07, 6.45) is -0.186. The van der Waals surface area contributed by atoms with E-state index in [0.717, 1.165) is 0 Å². The fourth-order valence-corrected chi connectivity index (χ4v) is 2.71. The van der Waals surface area contributed by atoms with Crippen molar-refractivity contribution < 1.29 is 14.7 Å². The zero-order chi connectivity index (χ0) is 18.6. The molecule has 2 aromatic carbocycles. The van der Waals surface area contributed by atoms with Crippen LogP contribution in [0.25, 0.3) is 0 Å². The summed E-state index contributed by atoms with van der Waals surface area (Å²) >= 11 is 11.7. The van der Waals surface area contributed by atoms with Crippen LogP contribution >= 0.6 is 23.2 Å². The Bertz CT molecular complexity index is 794. The van der Waals surface area contributed by atoms with Crippen molar-refractivity contribution >= 4 is 40.7 Å². The molecule has 0 unspecified atom stereocenters. The monoisotopic (exact) mass is 381 g/mol. The van der Waals surface area contributed by atoms with Gasteiger partial charge in [-0.2, -0.15) is 0 Å². The quantitative estimate of drug-likeness (QED) is 0.403. The maximum atomic E-state index is 12.2. The molecule has 6 nitrogen and oxygen atoms in total. The van der Waals surface area contributed by atoms with Crippen LogP contribution < -0.4 is 10.8 Å². The summed E-state index contributed by atoms with van der Waals surface area (Å²) in [4.78, 5) is 17.5. The average Bonchev–Trinajstić information content (AvgIpc) is 2.57. The van der Waals surface area contributed by atoms with Gasteiger partial charge in [-0.3, -0.25) is 5.41 Å². The topological polar surface area (TPSA) is 99.6 Å². The molecule has 2 rings (SSSR count). The molecule has 0 aliphatic carbocycles. The van der Waals surface area contributed by atoms with Crippen molar-refractivity contribution in [1.29, 1.82) is 5.41 Å². The molecule has 0 radical (unpaired) electrons. The number of nitrogens with one attached hydrogen (secondary N) is 1. The zero-order valence-corrected chi connectivity index (χ0v) is 14.9. The Labute approximate surface area is 155 Å². The van der Waals surface area contributed by atoms with Crippen LogP contribution in [0.4, 0.5) is 5.69 Å². The van der Waals surface area contributed by atoms with Crippen LogP contribution in [0, 0.1) is 5.41 Å².